The molecule has 10 heteroatoms. The van der Waals surface area contributed by atoms with Crippen LogP contribution in [0, 0.1) is 0 Å². The van der Waals surface area contributed by atoms with Gasteiger partial charge in [-0.25, -0.2) is 13.2 Å². The number of thiophene rings is 1. The first kappa shape index (κ1) is 22.3. The maximum absolute atomic E-state index is 12.7. The Morgan fingerprint density at radius 3 is 2.50 bits per heavy atom. The van der Waals surface area contributed by atoms with Crippen molar-refractivity contribution in [1.82, 2.24) is 9.62 Å². The SMILES string of the molecule is COc1ccc(CCNC(=O)COC(=O)c2sccc2S(=O)(=O)N2CCCC2)cc1. The summed E-state index contributed by atoms with van der Waals surface area (Å²) in [5.74, 6) is -0.500. The molecule has 1 aromatic heterocycles. The fourth-order valence-electron chi connectivity index (χ4n) is 3.10. The van der Waals surface area contributed by atoms with E-state index in [0.29, 0.717) is 26.1 Å². The van der Waals surface area contributed by atoms with Gasteiger partial charge in [-0.3, -0.25) is 4.79 Å². The summed E-state index contributed by atoms with van der Waals surface area (Å²) in [6.45, 7) is 0.811. The zero-order valence-corrected chi connectivity index (χ0v) is 18.3. The van der Waals surface area contributed by atoms with Crippen LogP contribution in [0.4, 0.5) is 0 Å². The van der Waals surface area contributed by atoms with Crippen LogP contribution >= 0.6 is 11.3 Å². The normalized spacial score (nSPS) is 14.4. The topological polar surface area (TPSA) is 102 Å². The minimum Gasteiger partial charge on any atom is -0.497 e. The molecule has 30 heavy (non-hydrogen) atoms. The predicted octanol–water partition coefficient (Wildman–Crippen LogP) is 2.06. The molecule has 162 valence electrons. The fourth-order valence-corrected chi connectivity index (χ4v) is 5.90. The number of methoxy groups -OCH3 is 1. The fraction of sp³-hybridized carbons (Fsp3) is 0.400. The van der Waals surface area contributed by atoms with E-state index in [2.05, 4.69) is 5.32 Å². The van der Waals surface area contributed by atoms with E-state index in [9.17, 15) is 18.0 Å². The molecule has 0 atom stereocenters. The lowest BCUT2D eigenvalue weighted by Crippen LogP contribution is -2.31. The number of hydrogen-bond acceptors (Lipinski definition) is 7. The maximum atomic E-state index is 12.7. The first-order valence-corrected chi connectivity index (χ1v) is 11.9. The minimum absolute atomic E-state index is 0.00654. The Balaban J connectivity index is 1.48. The smallest absolute Gasteiger partial charge is 0.350 e. The van der Waals surface area contributed by atoms with E-state index in [0.717, 1.165) is 35.5 Å². The van der Waals surface area contributed by atoms with E-state index in [1.807, 2.05) is 24.3 Å². The molecule has 1 aliphatic rings. The highest BCUT2D eigenvalue weighted by Gasteiger charge is 2.32. The molecule has 0 unspecified atom stereocenters. The highest BCUT2D eigenvalue weighted by molar-refractivity contribution is 7.89. The summed E-state index contributed by atoms with van der Waals surface area (Å²) in [6.07, 6.45) is 2.23. The van der Waals surface area contributed by atoms with Crippen molar-refractivity contribution in [2.45, 2.75) is 24.2 Å². The van der Waals surface area contributed by atoms with Crippen LogP contribution in [0.25, 0.3) is 0 Å². The van der Waals surface area contributed by atoms with Gasteiger partial charge >= 0.3 is 5.97 Å². The number of hydrogen-bond donors (Lipinski definition) is 1. The predicted molar refractivity (Wildman–Crippen MR) is 112 cm³/mol. The van der Waals surface area contributed by atoms with Crippen LogP contribution in [-0.4, -0.2) is 58.0 Å². The molecule has 3 rings (SSSR count). The Bertz CT molecular complexity index is 979. The largest absolute Gasteiger partial charge is 0.497 e. The summed E-state index contributed by atoms with van der Waals surface area (Å²) in [4.78, 5) is 24.3. The Labute approximate surface area is 179 Å². The number of carbonyl (C=O) groups excluding carboxylic acids is 2. The van der Waals surface area contributed by atoms with Crippen LogP contribution in [0.15, 0.2) is 40.6 Å². The number of sulfonamides is 1. The lowest BCUT2D eigenvalue weighted by Gasteiger charge is -2.15. The number of amides is 1. The Morgan fingerprint density at radius 2 is 1.83 bits per heavy atom. The summed E-state index contributed by atoms with van der Waals surface area (Å²) in [6, 6.07) is 8.90. The number of nitrogens with zero attached hydrogens (tertiary/aromatic N) is 1. The van der Waals surface area contributed by atoms with Crippen LogP contribution in [-0.2, 0) is 26.0 Å². The van der Waals surface area contributed by atoms with Gasteiger partial charge in [-0.05, 0) is 48.4 Å². The molecule has 1 fully saturated rings. The van der Waals surface area contributed by atoms with Gasteiger partial charge in [0.1, 0.15) is 15.5 Å². The second-order valence-corrected chi connectivity index (χ2v) is 9.57. The average Bonchev–Trinajstić information content (AvgIpc) is 3.45. The van der Waals surface area contributed by atoms with Gasteiger partial charge in [0, 0.05) is 19.6 Å². The number of rotatable bonds is 9. The summed E-state index contributed by atoms with van der Waals surface area (Å²) in [5.41, 5.74) is 1.03. The highest BCUT2D eigenvalue weighted by Crippen LogP contribution is 2.28. The van der Waals surface area contributed by atoms with Gasteiger partial charge in [-0.2, -0.15) is 4.31 Å². The van der Waals surface area contributed by atoms with Crippen molar-refractivity contribution in [3.05, 3.63) is 46.2 Å². The second-order valence-electron chi connectivity index (χ2n) is 6.75. The zero-order chi connectivity index (χ0) is 21.6. The van der Waals surface area contributed by atoms with Gasteiger partial charge in [-0.15, -0.1) is 11.3 Å². The Morgan fingerprint density at radius 1 is 1.13 bits per heavy atom. The van der Waals surface area contributed by atoms with Crippen molar-refractivity contribution in [3.8, 4) is 5.75 Å². The minimum atomic E-state index is -3.73. The molecular weight excluding hydrogens is 428 g/mol. The van der Waals surface area contributed by atoms with Crippen LogP contribution in [0.5, 0.6) is 5.75 Å². The number of carbonyl (C=O) groups is 2. The molecule has 0 saturated carbocycles. The lowest BCUT2D eigenvalue weighted by molar-refractivity contribution is -0.124. The summed E-state index contributed by atoms with van der Waals surface area (Å²) < 4.78 is 36.9. The van der Waals surface area contributed by atoms with Gasteiger partial charge in [0.25, 0.3) is 5.91 Å². The molecule has 0 spiro atoms. The average molecular weight is 453 g/mol. The zero-order valence-electron chi connectivity index (χ0n) is 16.6. The molecule has 1 saturated heterocycles. The van der Waals surface area contributed by atoms with Crippen molar-refractivity contribution >= 4 is 33.2 Å². The van der Waals surface area contributed by atoms with E-state index in [1.54, 1.807) is 7.11 Å². The third-order valence-electron chi connectivity index (χ3n) is 4.73. The maximum Gasteiger partial charge on any atom is 0.350 e. The summed E-state index contributed by atoms with van der Waals surface area (Å²) in [5, 5.41) is 4.22. The highest BCUT2D eigenvalue weighted by atomic mass is 32.2. The van der Waals surface area contributed by atoms with Gasteiger partial charge in [-0.1, -0.05) is 12.1 Å². The molecule has 1 aromatic carbocycles. The van der Waals surface area contributed by atoms with Gasteiger partial charge in [0.2, 0.25) is 10.0 Å². The van der Waals surface area contributed by atoms with E-state index >= 15 is 0 Å². The third-order valence-corrected chi connectivity index (χ3v) is 7.69. The van der Waals surface area contributed by atoms with Crippen molar-refractivity contribution < 1.29 is 27.5 Å². The molecule has 1 amide bonds. The molecule has 1 N–H and O–H groups in total. The number of nitrogens with one attached hydrogen (secondary N) is 1. The standard InChI is InChI=1S/C20H24N2O6S2/c1-27-16-6-4-15(5-7-16)8-10-21-18(23)14-28-20(24)19-17(9-13-29-19)30(25,26)22-11-2-3-12-22/h4-7,9,13H,2-3,8,10-12,14H2,1H3,(H,21,23). The quantitative estimate of drug-likeness (QED) is 0.585. The van der Waals surface area contributed by atoms with Crippen LogP contribution in [0.1, 0.15) is 28.1 Å². The Hall–Kier alpha value is -2.43. The molecule has 1 aliphatic heterocycles. The van der Waals surface area contributed by atoms with Crippen molar-refractivity contribution in [3.63, 3.8) is 0 Å². The number of esters is 1. The van der Waals surface area contributed by atoms with Crippen LogP contribution in [0.3, 0.4) is 0 Å². The second kappa shape index (κ2) is 10.1. The lowest BCUT2D eigenvalue weighted by atomic mass is 10.1. The number of ether oxygens (including phenoxy) is 2. The van der Waals surface area contributed by atoms with E-state index in [4.69, 9.17) is 9.47 Å². The monoisotopic (exact) mass is 452 g/mol. The van der Waals surface area contributed by atoms with Crippen molar-refractivity contribution in [1.29, 1.82) is 0 Å². The molecule has 2 heterocycles. The van der Waals surface area contributed by atoms with Gasteiger partial charge in [0.05, 0.1) is 7.11 Å². The molecule has 8 nitrogen and oxygen atoms in total. The van der Waals surface area contributed by atoms with E-state index < -0.39 is 28.5 Å². The van der Waals surface area contributed by atoms with E-state index in [1.165, 1.54) is 15.8 Å². The molecule has 2 aromatic rings. The van der Waals surface area contributed by atoms with Gasteiger partial charge < -0.3 is 14.8 Å². The molecular formula is C20H24N2O6S2. The Kier molecular flexibility index (Phi) is 7.46. The molecule has 0 bridgehead atoms. The van der Waals surface area contributed by atoms with Crippen LogP contribution in [0.2, 0.25) is 0 Å². The van der Waals surface area contributed by atoms with E-state index in [-0.39, 0.29) is 9.77 Å². The third kappa shape index (κ3) is 5.38. The first-order valence-electron chi connectivity index (χ1n) is 9.56. The van der Waals surface area contributed by atoms with Crippen LogP contribution < -0.4 is 10.1 Å². The number of benzene rings is 1. The van der Waals surface area contributed by atoms with Gasteiger partial charge in [0.15, 0.2) is 6.61 Å². The van der Waals surface area contributed by atoms with Crippen molar-refractivity contribution in [2.24, 2.45) is 0 Å². The summed E-state index contributed by atoms with van der Waals surface area (Å²) >= 11 is 0.991. The van der Waals surface area contributed by atoms with Crippen molar-refractivity contribution in [2.75, 3.05) is 33.4 Å². The molecule has 0 aliphatic carbocycles. The molecule has 0 radical (unpaired) electrons. The first-order chi connectivity index (χ1) is 14.4. The summed E-state index contributed by atoms with van der Waals surface area (Å²) in [7, 11) is -2.13.